The maximum absolute atomic E-state index is 13.0. The Morgan fingerprint density at radius 3 is 2.62 bits per heavy atom. The van der Waals surface area contributed by atoms with Crippen molar-refractivity contribution in [1.82, 2.24) is 10.6 Å². The van der Waals surface area contributed by atoms with E-state index >= 15 is 0 Å². The summed E-state index contributed by atoms with van der Waals surface area (Å²) in [5, 5.41) is 9.54. The maximum atomic E-state index is 13.0. The quantitative estimate of drug-likeness (QED) is 0.363. The summed E-state index contributed by atoms with van der Waals surface area (Å²) < 4.78 is 0. The Bertz CT molecular complexity index is 1160. The molecule has 1 saturated carbocycles. The minimum absolute atomic E-state index is 0.153. The molecule has 2 amide bonds. The van der Waals surface area contributed by atoms with Crippen molar-refractivity contribution >= 4 is 28.8 Å². The maximum Gasteiger partial charge on any atom is 0.252 e. The van der Waals surface area contributed by atoms with Gasteiger partial charge >= 0.3 is 0 Å². The first-order chi connectivity index (χ1) is 16.4. The fourth-order valence-electron chi connectivity index (χ4n) is 4.47. The van der Waals surface area contributed by atoms with Crippen LogP contribution in [0.5, 0.6) is 0 Å². The van der Waals surface area contributed by atoms with E-state index in [1.807, 2.05) is 43.4 Å². The second-order valence-corrected chi connectivity index (χ2v) is 10.3. The third-order valence-corrected chi connectivity index (χ3v) is 7.54. The molecule has 4 rings (SSSR count). The van der Waals surface area contributed by atoms with Crippen molar-refractivity contribution in [3.63, 3.8) is 0 Å². The zero-order chi connectivity index (χ0) is 24.1. The van der Waals surface area contributed by atoms with Gasteiger partial charge in [-0.3, -0.25) is 9.59 Å². The number of nitrogens with one attached hydrogen (secondary N) is 3. The van der Waals surface area contributed by atoms with Crippen LogP contribution in [0.3, 0.4) is 0 Å². The summed E-state index contributed by atoms with van der Waals surface area (Å²) in [5.74, 6) is -0.314. The van der Waals surface area contributed by atoms with Gasteiger partial charge in [-0.25, -0.2) is 0 Å². The third kappa shape index (κ3) is 6.13. The zero-order valence-electron chi connectivity index (χ0n) is 20.1. The van der Waals surface area contributed by atoms with Gasteiger partial charge in [0.2, 0.25) is 5.91 Å². The molecule has 0 spiro atoms. The summed E-state index contributed by atoms with van der Waals surface area (Å²) in [5.41, 5.74) is 4.27. The van der Waals surface area contributed by atoms with Gasteiger partial charge in [0.25, 0.3) is 5.91 Å². The Morgan fingerprint density at radius 2 is 1.85 bits per heavy atom. The van der Waals surface area contributed by atoms with Gasteiger partial charge < -0.3 is 16.0 Å². The van der Waals surface area contributed by atoms with Gasteiger partial charge in [-0.15, -0.1) is 11.3 Å². The normalized spacial score (nSPS) is 14.7. The molecular formula is C28H33N3O2S. The number of hydrogen-bond donors (Lipinski definition) is 3. The Kier molecular flexibility index (Phi) is 7.80. The van der Waals surface area contributed by atoms with E-state index in [4.69, 9.17) is 0 Å². The lowest BCUT2D eigenvalue weighted by Crippen LogP contribution is -2.27. The molecule has 3 N–H and O–H groups in total. The summed E-state index contributed by atoms with van der Waals surface area (Å²) in [6.45, 7) is 6.28. The van der Waals surface area contributed by atoms with Crippen LogP contribution < -0.4 is 16.0 Å². The molecule has 1 atom stereocenters. The van der Waals surface area contributed by atoms with E-state index in [0.29, 0.717) is 17.3 Å². The largest absolute Gasteiger partial charge is 0.346 e. The van der Waals surface area contributed by atoms with Gasteiger partial charge in [0, 0.05) is 40.5 Å². The molecule has 1 aliphatic carbocycles. The van der Waals surface area contributed by atoms with Crippen molar-refractivity contribution in [3.8, 4) is 10.4 Å². The number of anilines is 1. The van der Waals surface area contributed by atoms with Crippen LogP contribution in [0.15, 0.2) is 54.6 Å². The minimum Gasteiger partial charge on any atom is -0.346 e. The van der Waals surface area contributed by atoms with Crippen molar-refractivity contribution in [2.75, 3.05) is 5.32 Å². The molecule has 1 heterocycles. The average Bonchev–Trinajstić information content (AvgIpc) is 3.51. The Labute approximate surface area is 206 Å². The van der Waals surface area contributed by atoms with Crippen LogP contribution in [0.4, 0.5) is 5.69 Å². The van der Waals surface area contributed by atoms with Gasteiger partial charge in [-0.05, 0) is 73.7 Å². The standard InChI is InChI=1S/C28H33N3O2S/c1-18-11-12-24(31-20(3)32)16-26(18)28(33)30-19(2)21-7-6-8-22(15-21)27-14-13-25(34-27)17-29-23-9-4-5-10-23/h6-8,11-16,19,23,29H,4-5,9-10,17H2,1-3H3,(H,30,33)(H,31,32). The van der Waals surface area contributed by atoms with Gasteiger partial charge in [0.15, 0.2) is 0 Å². The second kappa shape index (κ2) is 11.0. The number of amides is 2. The number of carbonyl (C=O) groups is 2. The third-order valence-electron chi connectivity index (χ3n) is 6.40. The average molecular weight is 476 g/mol. The molecular weight excluding hydrogens is 442 g/mol. The van der Waals surface area contributed by atoms with Crippen molar-refractivity contribution in [2.45, 2.75) is 65.1 Å². The number of carbonyl (C=O) groups excluding carboxylic acids is 2. The van der Waals surface area contributed by atoms with Crippen LogP contribution >= 0.6 is 11.3 Å². The molecule has 34 heavy (non-hydrogen) atoms. The number of aryl methyl sites for hydroxylation is 1. The molecule has 1 aliphatic rings. The Morgan fingerprint density at radius 1 is 1.06 bits per heavy atom. The lowest BCUT2D eigenvalue weighted by atomic mass is 10.0. The lowest BCUT2D eigenvalue weighted by molar-refractivity contribution is -0.114. The smallest absolute Gasteiger partial charge is 0.252 e. The van der Waals surface area contributed by atoms with Crippen molar-refractivity contribution in [1.29, 1.82) is 0 Å². The van der Waals surface area contributed by atoms with E-state index in [0.717, 1.165) is 17.7 Å². The molecule has 6 heteroatoms. The first-order valence-electron chi connectivity index (χ1n) is 12.0. The molecule has 0 bridgehead atoms. The predicted molar refractivity (Wildman–Crippen MR) is 140 cm³/mol. The molecule has 2 aromatic carbocycles. The SMILES string of the molecule is CC(=O)Nc1ccc(C)c(C(=O)NC(C)c2cccc(-c3ccc(CNC4CCCC4)s3)c2)c1. The molecule has 1 unspecified atom stereocenters. The monoisotopic (exact) mass is 475 g/mol. The van der Waals surface area contributed by atoms with Crippen LogP contribution in [-0.2, 0) is 11.3 Å². The number of rotatable bonds is 8. The van der Waals surface area contributed by atoms with E-state index < -0.39 is 0 Å². The lowest BCUT2D eigenvalue weighted by Gasteiger charge is -2.17. The van der Waals surface area contributed by atoms with E-state index in [2.05, 4.69) is 40.2 Å². The summed E-state index contributed by atoms with van der Waals surface area (Å²) >= 11 is 1.82. The Hall–Kier alpha value is -2.96. The minimum atomic E-state index is -0.161. The molecule has 178 valence electrons. The van der Waals surface area contributed by atoms with Gasteiger partial charge in [0.05, 0.1) is 6.04 Å². The molecule has 0 saturated heterocycles. The van der Waals surface area contributed by atoms with Crippen molar-refractivity contribution < 1.29 is 9.59 Å². The first kappa shape index (κ1) is 24.2. The summed E-state index contributed by atoms with van der Waals surface area (Å²) in [6.07, 6.45) is 5.27. The molecule has 5 nitrogen and oxygen atoms in total. The molecule has 3 aromatic rings. The highest BCUT2D eigenvalue weighted by molar-refractivity contribution is 7.15. The van der Waals surface area contributed by atoms with E-state index in [1.54, 1.807) is 12.1 Å². The fourth-order valence-corrected chi connectivity index (χ4v) is 5.42. The fraction of sp³-hybridized carbons (Fsp3) is 0.357. The zero-order valence-corrected chi connectivity index (χ0v) is 20.9. The van der Waals surface area contributed by atoms with Gasteiger partial charge in [-0.2, -0.15) is 0 Å². The first-order valence-corrected chi connectivity index (χ1v) is 12.8. The van der Waals surface area contributed by atoms with E-state index in [1.165, 1.54) is 47.9 Å². The summed E-state index contributed by atoms with van der Waals surface area (Å²) in [6, 6.07) is 18.7. The van der Waals surface area contributed by atoms with Crippen LogP contribution in [0.1, 0.15) is 71.9 Å². The molecule has 1 aromatic heterocycles. The highest BCUT2D eigenvalue weighted by Crippen LogP contribution is 2.30. The van der Waals surface area contributed by atoms with Crippen LogP contribution in [0.25, 0.3) is 10.4 Å². The van der Waals surface area contributed by atoms with Gasteiger partial charge in [0.1, 0.15) is 0 Å². The topological polar surface area (TPSA) is 70.2 Å². The Balaban J connectivity index is 1.42. The van der Waals surface area contributed by atoms with Gasteiger partial charge in [-0.1, -0.05) is 37.1 Å². The van der Waals surface area contributed by atoms with Crippen LogP contribution in [0.2, 0.25) is 0 Å². The predicted octanol–water partition coefficient (Wildman–Crippen LogP) is 6.21. The molecule has 1 fully saturated rings. The van der Waals surface area contributed by atoms with Crippen molar-refractivity contribution in [3.05, 3.63) is 76.2 Å². The number of hydrogen-bond acceptors (Lipinski definition) is 4. The summed E-state index contributed by atoms with van der Waals surface area (Å²) in [7, 11) is 0. The highest BCUT2D eigenvalue weighted by atomic mass is 32.1. The van der Waals surface area contributed by atoms with E-state index in [-0.39, 0.29) is 17.9 Å². The summed E-state index contributed by atoms with van der Waals surface area (Å²) in [4.78, 5) is 27.0. The van der Waals surface area contributed by atoms with E-state index in [9.17, 15) is 9.59 Å². The second-order valence-electron chi connectivity index (χ2n) is 9.16. The van der Waals surface area contributed by atoms with Crippen LogP contribution in [-0.4, -0.2) is 17.9 Å². The van der Waals surface area contributed by atoms with Crippen LogP contribution in [0, 0.1) is 6.92 Å². The number of thiophene rings is 1. The molecule has 0 aliphatic heterocycles. The molecule has 0 radical (unpaired) electrons. The number of benzene rings is 2. The van der Waals surface area contributed by atoms with Crippen molar-refractivity contribution in [2.24, 2.45) is 0 Å². The highest BCUT2D eigenvalue weighted by Gasteiger charge is 2.16.